The fourth-order valence-corrected chi connectivity index (χ4v) is 2.19. The molecule has 0 unspecified atom stereocenters. The van der Waals surface area contributed by atoms with E-state index in [9.17, 15) is 13.6 Å². The summed E-state index contributed by atoms with van der Waals surface area (Å²) >= 11 is 0. The Morgan fingerprint density at radius 2 is 1.90 bits per heavy atom. The molecule has 0 aliphatic rings. The molecule has 5 heteroatoms. The second-order valence-corrected chi connectivity index (χ2v) is 4.42. The van der Waals surface area contributed by atoms with Gasteiger partial charge in [0.25, 0.3) is 5.91 Å². The molecule has 0 bridgehead atoms. The first kappa shape index (κ1) is 13.3. The topological polar surface area (TPSA) is 42.2 Å². The van der Waals surface area contributed by atoms with Gasteiger partial charge in [0.15, 0.2) is 0 Å². The Kier molecular flexibility index (Phi) is 3.17. The molecule has 3 rings (SSSR count). The monoisotopic (exact) mass is 286 g/mol. The van der Waals surface area contributed by atoms with E-state index in [4.69, 9.17) is 4.42 Å². The van der Waals surface area contributed by atoms with Crippen molar-refractivity contribution in [1.29, 1.82) is 0 Å². The first-order chi connectivity index (χ1) is 10.1. The number of carbonyl (C=O) groups excluding carboxylic acids is 1. The van der Waals surface area contributed by atoms with Crippen LogP contribution in [0.3, 0.4) is 0 Å². The van der Waals surface area contributed by atoms with Crippen LogP contribution in [0.25, 0.3) is 22.3 Å². The minimum absolute atomic E-state index is 0.0659. The Labute approximate surface area is 119 Å². The minimum Gasteiger partial charge on any atom is -0.455 e. The largest absolute Gasteiger partial charge is 0.455 e. The van der Waals surface area contributed by atoms with Gasteiger partial charge in [0.2, 0.25) is 0 Å². The van der Waals surface area contributed by atoms with Crippen molar-refractivity contribution in [3.63, 3.8) is 0 Å². The van der Waals surface area contributed by atoms with Crippen LogP contribution in [-0.4, -0.2) is 13.0 Å². The van der Waals surface area contributed by atoms with E-state index in [2.05, 4.69) is 11.4 Å². The third-order valence-electron chi connectivity index (χ3n) is 3.16. The van der Waals surface area contributed by atoms with Crippen LogP contribution in [0.5, 0.6) is 0 Å². The van der Waals surface area contributed by atoms with Gasteiger partial charge in [-0.3, -0.25) is 4.79 Å². The second-order valence-electron chi connectivity index (χ2n) is 4.42. The highest BCUT2D eigenvalue weighted by molar-refractivity contribution is 6.11. The lowest BCUT2D eigenvalue weighted by Crippen LogP contribution is -2.18. The maximum Gasteiger partial charge on any atom is 0.255 e. The van der Waals surface area contributed by atoms with Crippen LogP contribution in [0.1, 0.15) is 10.4 Å². The summed E-state index contributed by atoms with van der Waals surface area (Å²) in [6.45, 7) is 0. The Balaban J connectivity index is 2.34. The van der Waals surface area contributed by atoms with Crippen LogP contribution in [0.4, 0.5) is 8.78 Å². The number of rotatable bonds is 2. The number of furan rings is 1. The van der Waals surface area contributed by atoms with Gasteiger partial charge in [-0.1, -0.05) is 0 Å². The Morgan fingerprint density at radius 3 is 2.57 bits per heavy atom. The zero-order valence-electron chi connectivity index (χ0n) is 11.0. The van der Waals surface area contributed by atoms with Gasteiger partial charge >= 0.3 is 0 Å². The molecule has 1 radical (unpaired) electrons. The zero-order valence-corrected chi connectivity index (χ0v) is 11.0. The molecule has 0 saturated carbocycles. The normalized spacial score (nSPS) is 10.8. The van der Waals surface area contributed by atoms with Crippen molar-refractivity contribution in [2.45, 2.75) is 0 Å². The fraction of sp³-hybridized carbons (Fsp3) is 0.0625. The van der Waals surface area contributed by atoms with E-state index in [1.165, 1.54) is 43.4 Å². The molecule has 1 amide bonds. The molecule has 0 fully saturated rings. The molecule has 0 saturated heterocycles. The summed E-state index contributed by atoms with van der Waals surface area (Å²) in [5.74, 6) is -1.35. The lowest BCUT2D eigenvalue weighted by atomic mass is 10.0. The first-order valence-corrected chi connectivity index (χ1v) is 6.22. The van der Waals surface area contributed by atoms with Gasteiger partial charge in [0, 0.05) is 18.7 Å². The quantitative estimate of drug-likeness (QED) is 0.783. The highest BCUT2D eigenvalue weighted by atomic mass is 19.1. The third kappa shape index (κ3) is 2.16. The molecule has 21 heavy (non-hydrogen) atoms. The maximum absolute atomic E-state index is 14.0. The SMILES string of the molecule is CNC(=O)c1c(-c2ccc(F)cc2)oc2cc[c]c(F)c12. The van der Waals surface area contributed by atoms with E-state index in [-0.39, 0.29) is 22.3 Å². The lowest BCUT2D eigenvalue weighted by Gasteiger charge is -2.02. The molecule has 1 N–H and O–H groups in total. The van der Waals surface area contributed by atoms with Crippen LogP contribution in [0.15, 0.2) is 40.8 Å². The Hall–Kier alpha value is -2.69. The van der Waals surface area contributed by atoms with Crippen LogP contribution < -0.4 is 5.32 Å². The van der Waals surface area contributed by atoms with Gasteiger partial charge in [0.1, 0.15) is 23.0 Å². The summed E-state index contributed by atoms with van der Waals surface area (Å²) in [5, 5.41) is 2.52. The molecule has 1 heterocycles. The Bertz CT molecular complexity index is 822. The molecular formula is C16H10F2NO2. The van der Waals surface area contributed by atoms with E-state index >= 15 is 0 Å². The van der Waals surface area contributed by atoms with Crippen LogP contribution >= 0.6 is 0 Å². The predicted molar refractivity (Wildman–Crippen MR) is 73.8 cm³/mol. The third-order valence-corrected chi connectivity index (χ3v) is 3.16. The highest BCUT2D eigenvalue weighted by Gasteiger charge is 2.23. The fourth-order valence-electron chi connectivity index (χ4n) is 2.19. The number of hydrogen-bond acceptors (Lipinski definition) is 2. The number of hydrogen-bond donors (Lipinski definition) is 1. The molecule has 105 valence electrons. The average Bonchev–Trinajstić information content (AvgIpc) is 2.88. The second kappa shape index (κ2) is 5.01. The van der Waals surface area contributed by atoms with Gasteiger partial charge in [-0.25, -0.2) is 8.78 Å². The average molecular weight is 286 g/mol. The lowest BCUT2D eigenvalue weighted by molar-refractivity contribution is 0.0964. The zero-order chi connectivity index (χ0) is 15.0. The van der Waals surface area contributed by atoms with Crippen molar-refractivity contribution in [1.82, 2.24) is 5.32 Å². The smallest absolute Gasteiger partial charge is 0.255 e. The van der Waals surface area contributed by atoms with E-state index in [1.807, 2.05) is 0 Å². The molecular weight excluding hydrogens is 276 g/mol. The van der Waals surface area contributed by atoms with Crippen molar-refractivity contribution in [2.24, 2.45) is 0 Å². The molecule has 1 aromatic heterocycles. The van der Waals surface area contributed by atoms with Crippen molar-refractivity contribution >= 4 is 16.9 Å². The van der Waals surface area contributed by atoms with Crippen LogP contribution in [-0.2, 0) is 0 Å². The van der Waals surface area contributed by atoms with Gasteiger partial charge in [-0.05, 0) is 36.4 Å². The number of amides is 1. The number of fused-ring (bicyclic) bond motifs is 1. The highest BCUT2D eigenvalue weighted by Crippen LogP contribution is 2.34. The maximum atomic E-state index is 14.0. The van der Waals surface area contributed by atoms with Gasteiger partial charge in [-0.2, -0.15) is 0 Å². The van der Waals surface area contributed by atoms with E-state index in [0.29, 0.717) is 5.56 Å². The van der Waals surface area contributed by atoms with E-state index < -0.39 is 17.5 Å². The van der Waals surface area contributed by atoms with Crippen molar-refractivity contribution in [3.8, 4) is 11.3 Å². The summed E-state index contributed by atoms with van der Waals surface area (Å²) in [4.78, 5) is 12.1. The summed E-state index contributed by atoms with van der Waals surface area (Å²) in [5.41, 5.74) is 0.809. The predicted octanol–water partition coefficient (Wildman–Crippen LogP) is 3.54. The Morgan fingerprint density at radius 1 is 1.19 bits per heavy atom. The van der Waals surface area contributed by atoms with Gasteiger partial charge in [0.05, 0.1) is 10.9 Å². The van der Waals surface area contributed by atoms with Crippen molar-refractivity contribution in [3.05, 3.63) is 59.7 Å². The molecule has 0 aliphatic heterocycles. The molecule has 3 nitrogen and oxygen atoms in total. The van der Waals surface area contributed by atoms with Gasteiger partial charge < -0.3 is 9.73 Å². The number of benzene rings is 2. The van der Waals surface area contributed by atoms with Crippen molar-refractivity contribution in [2.75, 3.05) is 7.05 Å². The molecule has 0 aliphatic carbocycles. The summed E-state index contributed by atoms with van der Waals surface area (Å²) < 4.78 is 32.6. The summed E-state index contributed by atoms with van der Waals surface area (Å²) in [7, 11) is 1.44. The van der Waals surface area contributed by atoms with E-state index in [0.717, 1.165) is 0 Å². The minimum atomic E-state index is -0.664. The molecule has 0 spiro atoms. The number of halogens is 2. The first-order valence-electron chi connectivity index (χ1n) is 6.22. The summed E-state index contributed by atoms with van der Waals surface area (Å²) in [6.07, 6.45) is 0. The van der Waals surface area contributed by atoms with Crippen LogP contribution in [0, 0.1) is 17.7 Å². The number of carbonyl (C=O) groups is 1. The van der Waals surface area contributed by atoms with Crippen molar-refractivity contribution < 1.29 is 18.0 Å². The molecule has 2 aromatic carbocycles. The molecule has 0 atom stereocenters. The summed E-state index contributed by atoms with van der Waals surface area (Å²) in [6, 6.07) is 10.7. The van der Waals surface area contributed by atoms with Gasteiger partial charge in [-0.15, -0.1) is 0 Å². The molecule has 3 aromatic rings. The number of nitrogens with one attached hydrogen (secondary N) is 1. The van der Waals surface area contributed by atoms with E-state index in [1.54, 1.807) is 0 Å². The van der Waals surface area contributed by atoms with Crippen LogP contribution in [0.2, 0.25) is 0 Å². The standard InChI is InChI=1S/C16H10F2NO2/c1-19-16(20)14-13-11(18)3-2-4-12(13)21-15(14)9-5-7-10(17)8-6-9/h2,4-8H,1H3,(H,19,20).